The van der Waals surface area contributed by atoms with E-state index in [1.54, 1.807) is 5.57 Å². The lowest BCUT2D eigenvalue weighted by Crippen LogP contribution is -2.53. The van der Waals surface area contributed by atoms with Crippen LogP contribution in [0.25, 0.3) is 0 Å². The summed E-state index contributed by atoms with van der Waals surface area (Å²) in [4.78, 5) is 12.2. The molecule has 0 aromatic heterocycles. The molecule has 0 aromatic rings. The van der Waals surface area contributed by atoms with Gasteiger partial charge in [0.15, 0.2) is 0 Å². The normalized spacial score (nSPS) is 47.0. The number of hydrogen-bond donors (Lipinski definition) is 2. The summed E-state index contributed by atoms with van der Waals surface area (Å²) in [6.45, 7) is 7.64. The van der Waals surface area contributed by atoms with E-state index in [0.29, 0.717) is 41.3 Å². The number of nitrogens with one attached hydrogen (secondary N) is 1. The lowest BCUT2D eigenvalue weighted by molar-refractivity contribution is -0.122. The maximum absolute atomic E-state index is 12.2. The molecule has 3 nitrogen and oxygen atoms in total. The highest BCUT2D eigenvalue weighted by Crippen LogP contribution is 2.67. The Balaban J connectivity index is 1.49. The Morgan fingerprint density at radius 3 is 2.79 bits per heavy atom. The van der Waals surface area contributed by atoms with Crippen LogP contribution in [0.1, 0.15) is 71.6 Å². The Kier molecular flexibility index (Phi) is 5.06. The minimum atomic E-state index is 0.209. The number of fused-ring (bicyclic) bond motifs is 5. The highest BCUT2D eigenvalue weighted by Gasteiger charge is 2.59. The van der Waals surface area contributed by atoms with Crippen LogP contribution >= 0.6 is 0 Å². The summed E-state index contributed by atoms with van der Waals surface area (Å²) in [6.07, 6.45) is 14.9. The average molecular weight is 398 g/mol. The Hall–Kier alpha value is -0.930. The van der Waals surface area contributed by atoms with Gasteiger partial charge in [-0.2, -0.15) is 0 Å². The second-order valence-corrected chi connectivity index (χ2v) is 11.2. The fourth-order valence-electron chi connectivity index (χ4n) is 8.42. The molecule has 0 amide bonds. The van der Waals surface area contributed by atoms with Crippen LogP contribution in [0.15, 0.2) is 23.3 Å². The van der Waals surface area contributed by atoms with Gasteiger partial charge in [-0.3, -0.25) is 4.79 Å². The second-order valence-electron chi connectivity index (χ2n) is 11.2. The molecule has 1 heterocycles. The molecule has 160 valence electrons. The van der Waals surface area contributed by atoms with Crippen LogP contribution in [-0.4, -0.2) is 30.6 Å². The molecule has 0 spiro atoms. The maximum atomic E-state index is 12.2. The molecule has 1 saturated heterocycles. The lowest BCUT2D eigenvalue weighted by Gasteiger charge is -2.59. The molecular weight excluding hydrogens is 358 g/mol. The first kappa shape index (κ1) is 20.0. The summed E-state index contributed by atoms with van der Waals surface area (Å²) in [5, 5.41) is 13.5. The first-order valence-electron chi connectivity index (χ1n) is 12.2. The third-order valence-electron chi connectivity index (χ3n) is 9.94. The van der Waals surface area contributed by atoms with Crippen molar-refractivity contribution in [1.29, 1.82) is 0 Å². The van der Waals surface area contributed by atoms with E-state index in [2.05, 4.69) is 31.3 Å². The molecule has 3 fully saturated rings. The first-order valence-corrected chi connectivity index (χ1v) is 12.2. The monoisotopic (exact) mass is 397 g/mol. The van der Waals surface area contributed by atoms with Crippen molar-refractivity contribution in [3.05, 3.63) is 23.3 Å². The van der Waals surface area contributed by atoms with Crippen molar-refractivity contribution in [2.75, 3.05) is 19.7 Å². The molecule has 2 saturated carbocycles. The van der Waals surface area contributed by atoms with Crippen LogP contribution in [0.5, 0.6) is 0 Å². The fraction of sp³-hybridized carbons (Fsp3) is 0.808. The average Bonchev–Trinajstić information content (AvgIpc) is 3.07. The number of carbonyl (C=O) groups is 1. The number of allylic oxidation sites excluding steroid dienone is 3. The van der Waals surface area contributed by atoms with Gasteiger partial charge in [0.05, 0.1) is 0 Å². The third kappa shape index (κ3) is 3.02. The van der Waals surface area contributed by atoms with E-state index in [9.17, 15) is 9.90 Å². The molecule has 29 heavy (non-hydrogen) atoms. The molecule has 0 aromatic carbocycles. The minimum absolute atomic E-state index is 0.209. The number of rotatable bonds is 3. The SMILES string of the molecule is C[C@]12CCC(=O)CC1=C[C@H](CCO)[C@@H]1[C@@H]2CC[C@]2(C)C(C3CCCNC3)=CC[C@@H]12. The Labute approximate surface area is 176 Å². The molecule has 0 radical (unpaired) electrons. The van der Waals surface area contributed by atoms with Crippen molar-refractivity contribution in [3.8, 4) is 0 Å². The van der Waals surface area contributed by atoms with E-state index in [0.717, 1.165) is 31.7 Å². The van der Waals surface area contributed by atoms with Gasteiger partial charge in [0.2, 0.25) is 0 Å². The predicted octanol–water partition coefficient (Wildman–Crippen LogP) is 4.66. The lowest BCUT2D eigenvalue weighted by atomic mass is 9.45. The molecule has 5 aliphatic rings. The van der Waals surface area contributed by atoms with E-state index < -0.39 is 0 Å². The summed E-state index contributed by atoms with van der Waals surface area (Å²) < 4.78 is 0. The molecule has 1 aliphatic heterocycles. The Morgan fingerprint density at radius 2 is 2.03 bits per heavy atom. The van der Waals surface area contributed by atoms with Crippen LogP contribution in [0.3, 0.4) is 0 Å². The Morgan fingerprint density at radius 1 is 1.17 bits per heavy atom. The topological polar surface area (TPSA) is 49.3 Å². The summed E-state index contributed by atoms with van der Waals surface area (Å²) >= 11 is 0. The van der Waals surface area contributed by atoms with Crippen LogP contribution < -0.4 is 5.32 Å². The molecule has 5 rings (SSSR count). The van der Waals surface area contributed by atoms with Gasteiger partial charge in [-0.25, -0.2) is 0 Å². The summed E-state index contributed by atoms with van der Waals surface area (Å²) in [5.41, 5.74) is 3.72. The number of carbonyl (C=O) groups excluding carboxylic acids is 1. The number of aliphatic hydroxyl groups is 1. The number of aliphatic hydroxyl groups excluding tert-OH is 1. The van der Waals surface area contributed by atoms with E-state index in [-0.39, 0.29) is 12.0 Å². The fourth-order valence-corrected chi connectivity index (χ4v) is 8.42. The zero-order valence-electron chi connectivity index (χ0n) is 18.4. The first-order chi connectivity index (χ1) is 14.0. The number of piperidine rings is 1. The highest BCUT2D eigenvalue weighted by atomic mass is 16.3. The van der Waals surface area contributed by atoms with Gasteiger partial charge >= 0.3 is 0 Å². The highest BCUT2D eigenvalue weighted by molar-refractivity contribution is 5.82. The zero-order valence-corrected chi connectivity index (χ0v) is 18.4. The van der Waals surface area contributed by atoms with Gasteiger partial charge in [-0.1, -0.05) is 37.1 Å². The quantitative estimate of drug-likeness (QED) is 0.681. The molecule has 7 atom stereocenters. The zero-order chi connectivity index (χ0) is 20.2. The second kappa shape index (κ2) is 7.34. The van der Waals surface area contributed by atoms with Crippen molar-refractivity contribution < 1.29 is 9.90 Å². The Bertz CT molecular complexity index is 733. The van der Waals surface area contributed by atoms with E-state index in [1.165, 1.54) is 44.2 Å². The van der Waals surface area contributed by atoms with Crippen molar-refractivity contribution in [1.82, 2.24) is 5.32 Å². The van der Waals surface area contributed by atoms with Crippen molar-refractivity contribution in [3.63, 3.8) is 0 Å². The molecular formula is C26H39NO2. The molecule has 1 unspecified atom stereocenters. The standard InChI is InChI=1S/C26H39NO2/c1-25-10-7-20(29)15-19(25)14-17(9-13-28)24-22-6-5-21(18-4-3-12-27-16-18)26(22,2)11-8-23(24)25/h5,14,17-18,22-24,27-28H,3-4,6-13,15-16H2,1-2H3/t17-,18?,22-,23-,24-,25-,26+/m0/s1. The summed E-state index contributed by atoms with van der Waals surface area (Å²) in [6, 6.07) is 0. The van der Waals surface area contributed by atoms with Crippen molar-refractivity contribution in [2.24, 2.45) is 40.4 Å². The minimum Gasteiger partial charge on any atom is -0.396 e. The number of ketones is 1. The van der Waals surface area contributed by atoms with E-state index in [1.807, 2.05) is 0 Å². The summed E-state index contributed by atoms with van der Waals surface area (Å²) in [7, 11) is 0. The molecule has 2 N–H and O–H groups in total. The van der Waals surface area contributed by atoms with Crippen LogP contribution in [0, 0.1) is 40.4 Å². The largest absolute Gasteiger partial charge is 0.396 e. The van der Waals surface area contributed by atoms with Crippen molar-refractivity contribution in [2.45, 2.75) is 71.6 Å². The smallest absolute Gasteiger partial charge is 0.136 e. The van der Waals surface area contributed by atoms with E-state index in [4.69, 9.17) is 0 Å². The molecule has 4 aliphatic carbocycles. The molecule has 3 heteroatoms. The third-order valence-corrected chi connectivity index (χ3v) is 9.94. The van der Waals surface area contributed by atoms with Crippen LogP contribution in [-0.2, 0) is 4.79 Å². The molecule has 0 bridgehead atoms. The van der Waals surface area contributed by atoms with Crippen LogP contribution in [0.2, 0.25) is 0 Å². The van der Waals surface area contributed by atoms with Gasteiger partial charge in [-0.05, 0) is 91.9 Å². The maximum Gasteiger partial charge on any atom is 0.136 e. The van der Waals surface area contributed by atoms with E-state index >= 15 is 0 Å². The number of Topliss-reactive ketones (excluding diaryl/α,β-unsaturated/α-hetero) is 1. The van der Waals surface area contributed by atoms with Gasteiger partial charge < -0.3 is 10.4 Å². The predicted molar refractivity (Wildman–Crippen MR) is 116 cm³/mol. The van der Waals surface area contributed by atoms with Gasteiger partial charge in [-0.15, -0.1) is 0 Å². The van der Waals surface area contributed by atoms with Gasteiger partial charge in [0.1, 0.15) is 5.78 Å². The van der Waals surface area contributed by atoms with Gasteiger partial charge in [0.25, 0.3) is 0 Å². The number of hydrogen-bond acceptors (Lipinski definition) is 3. The summed E-state index contributed by atoms with van der Waals surface area (Å²) in [5.74, 6) is 3.65. The van der Waals surface area contributed by atoms with Crippen molar-refractivity contribution >= 4 is 5.78 Å². The van der Waals surface area contributed by atoms with Gasteiger partial charge in [0, 0.05) is 26.0 Å². The van der Waals surface area contributed by atoms with Crippen LogP contribution in [0.4, 0.5) is 0 Å².